The van der Waals surface area contributed by atoms with Crippen LogP contribution in [0.15, 0.2) is 34.4 Å². The molecule has 1 rings (SSSR count). The van der Waals surface area contributed by atoms with Crippen molar-refractivity contribution >= 4 is 34.3 Å². The van der Waals surface area contributed by atoms with Crippen molar-refractivity contribution in [3.8, 4) is 0 Å². The van der Waals surface area contributed by atoms with E-state index in [1.54, 1.807) is 4.08 Å². The van der Waals surface area contributed by atoms with Crippen LogP contribution in [0, 0.1) is 0 Å². The van der Waals surface area contributed by atoms with Crippen LogP contribution in [0.4, 0.5) is 0 Å². The van der Waals surface area contributed by atoms with Gasteiger partial charge in [-0.2, -0.15) is 0 Å². The van der Waals surface area contributed by atoms with E-state index >= 15 is 0 Å². The summed E-state index contributed by atoms with van der Waals surface area (Å²) in [5, 5.41) is 0. The van der Waals surface area contributed by atoms with Gasteiger partial charge in [0.2, 0.25) is 0 Å². The van der Waals surface area contributed by atoms with Crippen molar-refractivity contribution in [1.82, 2.24) is 0 Å². The van der Waals surface area contributed by atoms with Gasteiger partial charge in [0, 0.05) is 16.6 Å². The summed E-state index contributed by atoms with van der Waals surface area (Å²) in [6, 6.07) is 9.51. The highest BCUT2D eigenvalue weighted by Gasteiger charge is 2.03. The topological polar surface area (TPSA) is 26.3 Å². The third-order valence-corrected chi connectivity index (χ3v) is 1.98. The molecule has 1 aromatic carbocycles. The predicted octanol–water partition coefficient (Wildman–Crippen LogP) is 2.98. The summed E-state index contributed by atoms with van der Waals surface area (Å²) in [7, 11) is 0. The molecule has 0 aliphatic rings. The van der Waals surface area contributed by atoms with Crippen LogP contribution in [0.5, 0.6) is 0 Å². The van der Waals surface area contributed by atoms with Crippen molar-refractivity contribution in [3.05, 3.63) is 40.0 Å². The summed E-state index contributed by atoms with van der Waals surface area (Å²) in [4.78, 5) is 10.7. The quantitative estimate of drug-likeness (QED) is 0.475. The summed E-state index contributed by atoms with van der Waals surface area (Å²) < 4.78 is 6.74. The third kappa shape index (κ3) is 3.18. The molecule has 13 heavy (non-hydrogen) atoms. The molecule has 0 heterocycles. The molecule has 0 saturated heterocycles. The highest BCUT2D eigenvalue weighted by Crippen LogP contribution is 2.17. The average molecular weight is 288 g/mol. The highest BCUT2D eigenvalue weighted by atomic mass is 127. The molecule has 0 fully saturated rings. The fraction of sp³-hybridized carbons (Fsp3) is 0.100. The molecule has 68 valence electrons. The molecule has 3 heteroatoms. The lowest BCUT2D eigenvalue weighted by Crippen LogP contribution is -1.97. The van der Waals surface area contributed by atoms with Gasteiger partial charge in [-0.3, -0.25) is 4.79 Å². The molecule has 0 unspecified atom stereocenters. The first-order chi connectivity index (χ1) is 6.24. The lowest BCUT2D eigenvalue weighted by molar-refractivity contribution is -0.134. The molecular formula is C10H9IO2. The molecule has 0 radical (unpaired) electrons. The van der Waals surface area contributed by atoms with Crippen molar-refractivity contribution in [2.45, 2.75) is 6.92 Å². The number of hydrogen-bond acceptors (Lipinski definition) is 2. The molecule has 0 atom stereocenters. The van der Waals surface area contributed by atoms with Crippen molar-refractivity contribution < 1.29 is 9.53 Å². The fourth-order valence-corrected chi connectivity index (χ4v) is 1.39. The molecular weight excluding hydrogens is 279 g/mol. The monoisotopic (exact) mass is 288 g/mol. The van der Waals surface area contributed by atoms with Crippen LogP contribution in [0.25, 0.3) is 5.76 Å². The molecule has 0 saturated carbocycles. The Morgan fingerprint density at radius 1 is 1.38 bits per heavy atom. The van der Waals surface area contributed by atoms with Gasteiger partial charge in [0.1, 0.15) is 5.76 Å². The van der Waals surface area contributed by atoms with Gasteiger partial charge in [0.25, 0.3) is 0 Å². The standard InChI is InChI=1S/C10H9IO2/c1-8(12)13-10(7-11)9-5-3-2-4-6-9/h2-7H,1H3/b10-7-. The molecule has 0 spiro atoms. The fourth-order valence-electron chi connectivity index (χ4n) is 0.901. The van der Waals surface area contributed by atoms with Crippen LogP contribution in [0.2, 0.25) is 0 Å². The van der Waals surface area contributed by atoms with Gasteiger partial charge in [0.15, 0.2) is 0 Å². The molecule has 0 N–H and O–H groups in total. The maximum absolute atomic E-state index is 10.7. The molecule has 1 aromatic rings. The Kier molecular flexibility index (Phi) is 3.95. The van der Waals surface area contributed by atoms with Crippen LogP contribution in [-0.2, 0) is 9.53 Å². The van der Waals surface area contributed by atoms with Crippen molar-refractivity contribution in [1.29, 1.82) is 0 Å². The SMILES string of the molecule is CC(=O)O/C(=C\I)c1ccccc1. The Morgan fingerprint density at radius 3 is 2.46 bits per heavy atom. The number of hydrogen-bond donors (Lipinski definition) is 0. The van der Waals surface area contributed by atoms with Crippen molar-refractivity contribution in [2.24, 2.45) is 0 Å². The minimum absolute atomic E-state index is 0.299. The summed E-state index contributed by atoms with van der Waals surface area (Å²) in [6.45, 7) is 1.39. The number of ether oxygens (including phenoxy) is 1. The van der Waals surface area contributed by atoms with E-state index in [2.05, 4.69) is 0 Å². The number of halogens is 1. The first kappa shape index (κ1) is 10.2. The van der Waals surface area contributed by atoms with Gasteiger partial charge in [-0.05, 0) is 22.6 Å². The van der Waals surface area contributed by atoms with E-state index in [1.807, 2.05) is 52.9 Å². The number of rotatable bonds is 2. The average Bonchev–Trinajstić information content (AvgIpc) is 2.15. The summed E-state index contributed by atoms with van der Waals surface area (Å²) in [5.74, 6) is 0.292. The Hall–Kier alpha value is -0.840. The minimum Gasteiger partial charge on any atom is -0.426 e. The maximum Gasteiger partial charge on any atom is 0.308 e. The van der Waals surface area contributed by atoms with E-state index in [1.165, 1.54) is 6.92 Å². The number of carbonyl (C=O) groups is 1. The van der Waals surface area contributed by atoms with Crippen LogP contribution < -0.4 is 0 Å². The largest absolute Gasteiger partial charge is 0.426 e. The molecule has 0 bridgehead atoms. The van der Waals surface area contributed by atoms with E-state index in [9.17, 15) is 4.79 Å². The Bertz CT molecular complexity index is 317. The van der Waals surface area contributed by atoms with E-state index in [0.29, 0.717) is 5.76 Å². The van der Waals surface area contributed by atoms with Gasteiger partial charge < -0.3 is 4.74 Å². The van der Waals surface area contributed by atoms with Crippen LogP contribution >= 0.6 is 22.6 Å². The van der Waals surface area contributed by atoms with Gasteiger partial charge in [-0.25, -0.2) is 0 Å². The molecule has 0 aliphatic heterocycles. The number of carbonyl (C=O) groups excluding carboxylic acids is 1. The zero-order chi connectivity index (χ0) is 9.68. The second-order valence-corrected chi connectivity index (χ2v) is 3.06. The number of esters is 1. The van der Waals surface area contributed by atoms with E-state index in [-0.39, 0.29) is 5.97 Å². The van der Waals surface area contributed by atoms with Crippen LogP contribution in [0.1, 0.15) is 12.5 Å². The van der Waals surface area contributed by atoms with Crippen LogP contribution in [-0.4, -0.2) is 5.97 Å². The maximum atomic E-state index is 10.7. The van der Waals surface area contributed by atoms with Crippen molar-refractivity contribution in [2.75, 3.05) is 0 Å². The normalized spacial score (nSPS) is 11.1. The third-order valence-electron chi connectivity index (χ3n) is 1.41. The smallest absolute Gasteiger partial charge is 0.308 e. The molecule has 0 aliphatic carbocycles. The van der Waals surface area contributed by atoms with Gasteiger partial charge in [-0.15, -0.1) is 0 Å². The molecule has 0 aromatic heterocycles. The first-order valence-corrected chi connectivity index (χ1v) is 5.03. The predicted molar refractivity (Wildman–Crippen MR) is 60.2 cm³/mol. The zero-order valence-electron chi connectivity index (χ0n) is 7.16. The Balaban J connectivity index is 2.86. The zero-order valence-corrected chi connectivity index (χ0v) is 9.32. The summed E-state index contributed by atoms with van der Waals surface area (Å²) in [6.07, 6.45) is 0. The second-order valence-electron chi connectivity index (χ2n) is 2.43. The minimum atomic E-state index is -0.299. The van der Waals surface area contributed by atoms with Crippen LogP contribution in [0.3, 0.4) is 0 Å². The van der Waals surface area contributed by atoms with E-state index in [4.69, 9.17) is 4.74 Å². The first-order valence-electron chi connectivity index (χ1n) is 3.78. The van der Waals surface area contributed by atoms with E-state index < -0.39 is 0 Å². The lowest BCUT2D eigenvalue weighted by atomic mass is 10.2. The summed E-state index contributed by atoms with van der Waals surface area (Å²) in [5.41, 5.74) is 0.909. The van der Waals surface area contributed by atoms with Gasteiger partial charge in [0.05, 0.1) is 0 Å². The lowest BCUT2D eigenvalue weighted by Gasteiger charge is -2.04. The van der Waals surface area contributed by atoms with E-state index in [0.717, 1.165) is 5.56 Å². The van der Waals surface area contributed by atoms with Crippen molar-refractivity contribution in [3.63, 3.8) is 0 Å². The molecule has 0 amide bonds. The van der Waals surface area contributed by atoms with Gasteiger partial charge >= 0.3 is 5.97 Å². The van der Waals surface area contributed by atoms with Gasteiger partial charge in [-0.1, -0.05) is 30.3 Å². The number of benzene rings is 1. The summed E-state index contributed by atoms with van der Waals surface area (Å²) >= 11 is 2.05. The highest BCUT2D eigenvalue weighted by molar-refractivity contribution is 14.1. The Labute approximate surface area is 90.7 Å². The molecule has 2 nitrogen and oxygen atoms in total. The second kappa shape index (κ2) is 5.01. The Morgan fingerprint density at radius 2 is 2.00 bits per heavy atom.